The van der Waals surface area contributed by atoms with Crippen LogP contribution in [-0.4, -0.2) is 23.7 Å². The van der Waals surface area contributed by atoms with Crippen molar-refractivity contribution < 1.29 is 9.84 Å². The molecule has 0 bridgehead atoms. The van der Waals surface area contributed by atoms with Gasteiger partial charge in [-0.05, 0) is 44.5 Å². The molecule has 1 atom stereocenters. The van der Waals surface area contributed by atoms with Gasteiger partial charge >= 0.3 is 0 Å². The fourth-order valence-corrected chi connectivity index (χ4v) is 4.44. The molecule has 1 N–H and O–H groups in total. The SMILES string of the molecule is COc1cccc(CN2CCCCC[C@@H]2c2ccc(C)s2)c1O. The second-order valence-corrected chi connectivity index (χ2v) is 7.57. The number of aromatic hydroxyl groups is 1. The van der Waals surface area contributed by atoms with Crippen LogP contribution in [0.3, 0.4) is 0 Å². The summed E-state index contributed by atoms with van der Waals surface area (Å²) in [5.41, 5.74) is 0.949. The van der Waals surface area contributed by atoms with E-state index >= 15 is 0 Å². The Bertz CT molecular complexity index is 653. The first kappa shape index (κ1) is 16.3. The first-order valence-electron chi connectivity index (χ1n) is 8.34. The maximum atomic E-state index is 10.4. The van der Waals surface area contributed by atoms with Crippen molar-refractivity contribution in [2.75, 3.05) is 13.7 Å². The highest BCUT2D eigenvalue weighted by Crippen LogP contribution is 2.37. The molecular weight excluding hydrogens is 306 g/mol. The van der Waals surface area contributed by atoms with Crippen LogP contribution in [0.5, 0.6) is 11.5 Å². The van der Waals surface area contributed by atoms with Crippen molar-refractivity contribution in [2.24, 2.45) is 0 Å². The van der Waals surface area contributed by atoms with Crippen LogP contribution >= 0.6 is 11.3 Å². The van der Waals surface area contributed by atoms with E-state index in [1.807, 2.05) is 23.5 Å². The molecule has 0 radical (unpaired) electrons. The number of aryl methyl sites for hydroxylation is 1. The highest BCUT2D eigenvalue weighted by atomic mass is 32.1. The zero-order valence-corrected chi connectivity index (χ0v) is 14.7. The molecule has 3 nitrogen and oxygen atoms in total. The second-order valence-electron chi connectivity index (χ2n) is 6.25. The summed E-state index contributed by atoms with van der Waals surface area (Å²) in [5, 5.41) is 10.4. The van der Waals surface area contributed by atoms with Crippen LogP contribution in [0.2, 0.25) is 0 Å². The van der Waals surface area contributed by atoms with Gasteiger partial charge in [0.1, 0.15) is 0 Å². The van der Waals surface area contributed by atoms with E-state index in [1.54, 1.807) is 13.2 Å². The van der Waals surface area contributed by atoms with Gasteiger partial charge < -0.3 is 9.84 Å². The van der Waals surface area contributed by atoms with E-state index in [1.165, 1.54) is 35.4 Å². The molecular formula is C19H25NO2S. The van der Waals surface area contributed by atoms with E-state index in [2.05, 4.69) is 24.0 Å². The average Bonchev–Trinajstić information content (AvgIpc) is 2.84. The summed E-state index contributed by atoms with van der Waals surface area (Å²) in [7, 11) is 1.60. The Kier molecular flexibility index (Phi) is 5.23. The number of thiophene rings is 1. The number of hydrogen-bond donors (Lipinski definition) is 1. The summed E-state index contributed by atoms with van der Waals surface area (Å²) in [6.07, 6.45) is 5.00. The molecule has 1 aromatic heterocycles. The van der Waals surface area contributed by atoms with Crippen LogP contribution in [0.15, 0.2) is 30.3 Å². The lowest BCUT2D eigenvalue weighted by molar-refractivity contribution is 0.192. The van der Waals surface area contributed by atoms with Gasteiger partial charge in [-0.2, -0.15) is 0 Å². The number of methoxy groups -OCH3 is 1. The molecule has 0 amide bonds. The minimum atomic E-state index is 0.278. The Morgan fingerprint density at radius 2 is 2.09 bits per heavy atom. The third kappa shape index (κ3) is 3.70. The fourth-order valence-electron chi connectivity index (χ4n) is 3.39. The molecule has 0 saturated carbocycles. The van der Waals surface area contributed by atoms with Gasteiger partial charge in [0.15, 0.2) is 11.5 Å². The molecule has 1 aliphatic heterocycles. The summed E-state index contributed by atoms with van der Waals surface area (Å²) < 4.78 is 5.25. The van der Waals surface area contributed by atoms with E-state index in [9.17, 15) is 5.11 Å². The lowest BCUT2D eigenvalue weighted by atomic mass is 10.1. The summed E-state index contributed by atoms with van der Waals surface area (Å²) >= 11 is 1.90. The Morgan fingerprint density at radius 3 is 2.83 bits per heavy atom. The van der Waals surface area contributed by atoms with Gasteiger partial charge in [0.05, 0.1) is 7.11 Å². The van der Waals surface area contributed by atoms with E-state index in [0.29, 0.717) is 11.8 Å². The van der Waals surface area contributed by atoms with Crippen molar-refractivity contribution >= 4 is 11.3 Å². The molecule has 2 aromatic rings. The molecule has 2 heterocycles. The summed E-state index contributed by atoms with van der Waals surface area (Å²) in [5.74, 6) is 0.834. The third-order valence-electron chi connectivity index (χ3n) is 4.63. The van der Waals surface area contributed by atoms with Crippen molar-refractivity contribution in [3.8, 4) is 11.5 Å². The van der Waals surface area contributed by atoms with Crippen LogP contribution in [-0.2, 0) is 6.54 Å². The van der Waals surface area contributed by atoms with Crippen LogP contribution in [0, 0.1) is 6.92 Å². The quantitative estimate of drug-likeness (QED) is 0.866. The minimum absolute atomic E-state index is 0.278. The summed E-state index contributed by atoms with van der Waals surface area (Å²) in [6.45, 7) is 4.02. The van der Waals surface area contributed by atoms with E-state index in [0.717, 1.165) is 18.7 Å². The first-order valence-corrected chi connectivity index (χ1v) is 9.16. The zero-order valence-electron chi connectivity index (χ0n) is 13.9. The number of nitrogens with zero attached hydrogens (tertiary/aromatic N) is 1. The molecule has 0 aliphatic carbocycles. The van der Waals surface area contributed by atoms with E-state index in [-0.39, 0.29) is 5.75 Å². The predicted octanol–water partition coefficient (Wildman–Crippen LogP) is 4.89. The molecule has 4 heteroatoms. The first-order chi connectivity index (χ1) is 11.2. The van der Waals surface area contributed by atoms with Gasteiger partial charge in [-0.3, -0.25) is 4.90 Å². The standard InChI is InChI=1S/C19H25NO2S/c1-14-10-11-18(23-14)16-8-4-3-5-12-20(16)13-15-7-6-9-17(22-2)19(15)21/h6-7,9-11,16,21H,3-5,8,12-13H2,1-2H3/t16-/m1/s1. The van der Waals surface area contributed by atoms with Crippen molar-refractivity contribution in [1.29, 1.82) is 0 Å². The highest BCUT2D eigenvalue weighted by Gasteiger charge is 2.25. The van der Waals surface area contributed by atoms with Gasteiger partial charge in [0, 0.05) is 27.9 Å². The van der Waals surface area contributed by atoms with Crippen molar-refractivity contribution in [1.82, 2.24) is 4.90 Å². The topological polar surface area (TPSA) is 32.7 Å². The molecule has 1 aromatic carbocycles. The number of hydrogen-bond acceptors (Lipinski definition) is 4. The van der Waals surface area contributed by atoms with E-state index in [4.69, 9.17) is 4.74 Å². The Hall–Kier alpha value is -1.52. The van der Waals surface area contributed by atoms with Crippen molar-refractivity contribution in [2.45, 2.75) is 45.2 Å². The lowest BCUT2D eigenvalue weighted by Gasteiger charge is -2.29. The minimum Gasteiger partial charge on any atom is -0.504 e. The van der Waals surface area contributed by atoms with Crippen molar-refractivity contribution in [3.05, 3.63) is 45.6 Å². The average molecular weight is 331 g/mol. The van der Waals surface area contributed by atoms with Crippen LogP contribution in [0.25, 0.3) is 0 Å². The molecule has 124 valence electrons. The molecule has 1 saturated heterocycles. The zero-order chi connectivity index (χ0) is 16.2. The highest BCUT2D eigenvalue weighted by molar-refractivity contribution is 7.12. The monoisotopic (exact) mass is 331 g/mol. The second kappa shape index (κ2) is 7.37. The predicted molar refractivity (Wildman–Crippen MR) is 95.3 cm³/mol. The summed E-state index contributed by atoms with van der Waals surface area (Å²) in [4.78, 5) is 5.34. The summed E-state index contributed by atoms with van der Waals surface area (Å²) in [6, 6.07) is 10.7. The maximum absolute atomic E-state index is 10.4. The number of benzene rings is 1. The third-order valence-corrected chi connectivity index (χ3v) is 5.73. The normalized spacial score (nSPS) is 19.5. The number of likely N-dealkylation sites (tertiary alicyclic amines) is 1. The van der Waals surface area contributed by atoms with Gasteiger partial charge in [-0.25, -0.2) is 0 Å². The molecule has 1 fully saturated rings. The van der Waals surface area contributed by atoms with Gasteiger partial charge in [0.2, 0.25) is 0 Å². The fraction of sp³-hybridized carbons (Fsp3) is 0.474. The molecule has 3 rings (SSSR count). The van der Waals surface area contributed by atoms with Crippen LogP contribution in [0.4, 0.5) is 0 Å². The van der Waals surface area contributed by atoms with E-state index < -0.39 is 0 Å². The van der Waals surface area contributed by atoms with Crippen LogP contribution in [0.1, 0.15) is 47.0 Å². The molecule has 1 aliphatic rings. The smallest absolute Gasteiger partial charge is 0.162 e. The Morgan fingerprint density at radius 1 is 1.22 bits per heavy atom. The number of phenols is 1. The molecule has 0 spiro atoms. The lowest BCUT2D eigenvalue weighted by Crippen LogP contribution is -2.27. The van der Waals surface area contributed by atoms with Crippen LogP contribution < -0.4 is 4.74 Å². The number of rotatable bonds is 4. The molecule has 23 heavy (non-hydrogen) atoms. The Labute approximate surface area is 142 Å². The number of ether oxygens (including phenoxy) is 1. The Balaban J connectivity index is 1.86. The maximum Gasteiger partial charge on any atom is 0.162 e. The number of para-hydroxylation sites is 1. The van der Waals surface area contributed by atoms with Gasteiger partial charge in [0.25, 0.3) is 0 Å². The largest absolute Gasteiger partial charge is 0.504 e. The number of phenolic OH excluding ortho intramolecular Hbond substituents is 1. The van der Waals surface area contributed by atoms with Gasteiger partial charge in [-0.1, -0.05) is 25.0 Å². The van der Waals surface area contributed by atoms with Crippen molar-refractivity contribution in [3.63, 3.8) is 0 Å². The molecule has 0 unspecified atom stereocenters. The van der Waals surface area contributed by atoms with Gasteiger partial charge in [-0.15, -0.1) is 11.3 Å².